The van der Waals surface area contributed by atoms with Crippen LogP contribution >= 0.6 is 0 Å². The lowest BCUT2D eigenvalue weighted by molar-refractivity contribution is 0.0967. The average Bonchev–Trinajstić information content (AvgIpc) is 3.24. The first kappa shape index (κ1) is 11.0. The molecule has 2 aliphatic rings. The topological polar surface area (TPSA) is 42.0 Å². The van der Waals surface area contributed by atoms with Gasteiger partial charge in [0.05, 0.1) is 5.52 Å². The average molecular weight is 252 g/mol. The molecule has 4 rings (SSSR count). The highest BCUT2D eigenvalue weighted by atomic mass is 16.1. The Kier molecular flexibility index (Phi) is 2.34. The van der Waals surface area contributed by atoms with E-state index in [0.29, 0.717) is 18.2 Å². The molecule has 1 saturated carbocycles. The van der Waals surface area contributed by atoms with Crippen molar-refractivity contribution in [3.63, 3.8) is 0 Å². The molecule has 1 aromatic heterocycles. The lowest BCUT2D eigenvalue weighted by Crippen LogP contribution is -2.17. The quantitative estimate of drug-likeness (QED) is 0.891. The van der Waals surface area contributed by atoms with Crippen molar-refractivity contribution in [1.29, 1.82) is 0 Å². The monoisotopic (exact) mass is 252 g/mol. The molecular weight excluding hydrogens is 236 g/mol. The molecule has 0 saturated heterocycles. The fourth-order valence-electron chi connectivity index (χ4n) is 2.87. The summed E-state index contributed by atoms with van der Waals surface area (Å²) in [5, 5.41) is 4.77. The number of para-hydroxylation sites is 1. The molecule has 0 bridgehead atoms. The van der Waals surface area contributed by atoms with Crippen LogP contribution in [0.2, 0.25) is 0 Å². The maximum atomic E-state index is 12.1. The zero-order valence-electron chi connectivity index (χ0n) is 10.8. The summed E-state index contributed by atoms with van der Waals surface area (Å²) in [4.78, 5) is 16.7. The molecule has 0 atom stereocenters. The van der Waals surface area contributed by atoms with Crippen LogP contribution in [-0.2, 0) is 6.42 Å². The van der Waals surface area contributed by atoms with Gasteiger partial charge in [-0.1, -0.05) is 18.2 Å². The molecule has 0 unspecified atom stereocenters. The summed E-state index contributed by atoms with van der Waals surface area (Å²) < 4.78 is 0. The number of pyridine rings is 1. The van der Waals surface area contributed by atoms with E-state index in [-0.39, 0.29) is 5.78 Å². The third-order valence-electron chi connectivity index (χ3n) is 4.01. The molecule has 1 N–H and O–H groups in total. The van der Waals surface area contributed by atoms with E-state index in [1.165, 1.54) is 12.8 Å². The summed E-state index contributed by atoms with van der Waals surface area (Å²) in [7, 11) is 0. The van der Waals surface area contributed by atoms with Crippen molar-refractivity contribution in [2.45, 2.75) is 38.1 Å². The van der Waals surface area contributed by atoms with E-state index in [0.717, 1.165) is 35.0 Å². The van der Waals surface area contributed by atoms with E-state index in [1.807, 2.05) is 18.2 Å². The number of Topliss-reactive ketones (excluding diaryl/α,β-unsaturated/α-hetero) is 1. The zero-order chi connectivity index (χ0) is 12.8. The van der Waals surface area contributed by atoms with Crippen LogP contribution in [0, 0.1) is 0 Å². The Morgan fingerprint density at radius 2 is 2.00 bits per heavy atom. The molecule has 0 radical (unpaired) electrons. The first-order valence-electron chi connectivity index (χ1n) is 7.04. The van der Waals surface area contributed by atoms with Crippen molar-refractivity contribution in [1.82, 2.24) is 4.98 Å². The number of anilines is 1. The summed E-state index contributed by atoms with van der Waals surface area (Å²) in [6, 6.07) is 8.71. The van der Waals surface area contributed by atoms with Crippen LogP contribution in [0.1, 0.15) is 41.7 Å². The molecule has 0 aliphatic heterocycles. The number of fused-ring (bicyclic) bond motifs is 2. The second-order valence-electron chi connectivity index (χ2n) is 5.53. The minimum absolute atomic E-state index is 0.200. The molecule has 0 spiro atoms. The molecule has 1 aromatic carbocycles. The van der Waals surface area contributed by atoms with Gasteiger partial charge in [-0.05, 0) is 31.7 Å². The van der Waals surface area contributed by atoms with Gasteiger partial charge in [0.25, 0.3) is 0 Å². The molecule has 1 heterocycles. The van der Waals surface area contributed by atoms with Gasteiger partial charge in [-0.3, -0.25) is 4.79 Å². The van der Waals surface area contributed by atoms with Crippen molar-refractivity contribution in [2.75, 3.05) is 5.32 Å². The van der Waals surface area contributed by atoms with Gasteiger partial charge < -0.3 is 5.32 Å². The summed E-state index contributed by atoms with van der Waals surface area (Å²) >= 11 is 0. The second-order valence-corrected chi connectivity index (χ2v) is 5.53. The van der Waals surface area contributed by atoms with Crippen molar-refractivity contribution in [3.05, 3.63) is 35.5 Å². The number of carbonyl (C=O) groups excluding carboxylic acids is 1. The Labute approximate surface area is 112 Å². The number of rotatable bonds is 2. The van der Waals surface area contributed by atoms with Gasteiger partial charge in [0.15, 0.2) is 5.78 Å². The first-order valence-corrected chi connectivity index (χ1v) is 7.04. The maximum absolute atomic E-state index is 12.1. The van der Waals surface area contributed by atoms with Crippen LogP contribution in [-0.4, -0.2) is 16.8 Å². The molecule has 2 aromatic rings. The minimum atomic E-state index is 0.200. The molecule has 19 heavy (non-hydrogen) atoms. The zero-order valence-corrected chi connectivity index (χ0v) is 10.8. The summed E-state index contributed by atoms with van der Waals surface area (Å²) in [6.45, 7) is 0. The second kappa shape index (κ2) is 4.05. The van der Waals surface area contributed by atoms with E-state index in [2.05, 4.69) is 16.4 Å². The molecule has 0 amide bonds. The number of aromatic nitrogens is 1. The van der Waals surface area contributed by atoms with Gasteiger partial charge in [-0.15, -0.1) is 0 Å². The lowest BCUT2D eigenvalue weighted by Gasteiger charge is -2.20. The Balaban J connectivity index is 1.99. The summed E-state index contributed by atoms with van der Waals surface area (Å²) in [6.07, 6.45) is 5.03. The predicted molar refractivity (Wildman–Crippen MR) is 75.7 cm³/mol. The summed E-state index contributed by atoms with van der Waals surface area (Å²) in [5.74, 6) is 0.200. The Morgan fingerprint density at radius 1 is 1.16 bits per heavy atom. The third kappa shape index (κ3) is 1.81. The number of ketones is 1. The predicted octanol–water partition coefficient (Wildman–Crippen LogP) is 3.33. The van der Waals surface area contributed by atoms with Crippen LogP contribution < -0.4 is 5.32 Å². The van der Waals surface area contributed by atoms with Crippen LogP contribution in [0.5, 0.6) is 0 Å². The Bertz CT molecular complexity index is 674. The normalized spacial score (nSPS) is 18.4. The summed E-state index contributed by atoms with van der Waals surface area (Å²) in [5.41, 5.74) is 3.94. The van der Waals surface area contributed by atoms with E-state index >= 15 is 0 Å². The standard InChI is InChI=1S/C16H16N2O/c19-14-7-3-5-12-15(17-10-8-9-10)11-4-1-2-6-13(11)18-16(12)14/h1-2,4,6,10H,3,5,7-9H2,(H,17,18). The smallest absolute Gasteiger partial charge is 0.181 e. The van der Waals surface area contributed by atoms with Crippen LogP contribution in [0.3, 0.4) is 0 Å². The molecular formula is C16H16N2O. The van der Waals surface area contributed by atoms with Gasteiger partial charge in [0.2, 0.25) is 0 Å². The van der Waals surface area contributed by atoms with Gasteiger partial charge in [-0.25, -0.2) is 4.98 Å². The van der Waals surface area contributed by atoms with Crippen molar-refractivity contribution >= 4 is 22.4 Å². The molecule has 2 aliphatic carbocycles. The van der Waals surface area contributed by atoms with E-state index in [9.17, 15) is 4.79 Å². The Morgan fingerprint density at radius 3 is 2.84 bits per heavy atom. The van der Waals surface area contributed by atoms with Gasteiger partial charge in [-0.2, -0.15) is 0 Å². The van der Waals surface area contributed by atoms with E-state index in [4.69, 9.17) is 0 Å². The first-order chi connectivity index (χ1) is 9.33. The number of hydrogen-bond donors (Lipinski definition) is 1. The van der Waals surface area contributed by atoms with Crippen molar-refractivity contribution < 1.29 is 4.79 Å². The number of nitrogens with zero attached hydrogens (tertiary/aromatic N) is 1. The van der Waals surface area contributed by atoms with Crippen LogP contribution in [0.15, 0.2) is 24.3 Å². The molecule has 3 nitrogen and oxygen atoms in total. The highest BCUT2D eigenvalue weighted by molar-refractivity contribution is 6.04. The van der Waals surface area contributed by atoms with E-state index < -0.39 is 0 Å². The van der Waals surface area contributed by atoms with Crippen LogP contribution in [0.25, 0.3) is 10.9 Å². The SMILES string of the molecule is O=C1CCCc2c1nc1ccccc1c2NC1CC1. The fourth-order valence-corrected chi connectivity index (χ4v) is 2.87. The minimum Gasteiger partial charge on any atom is -0.381 e. The number of benzene rings is 1. The van der Waals surface area contributed by atoms with Crippen LogP contribution in [0.4, 0.5) is 5.69 Å². The third-order valence-corrected chi connectivity index (χ3v) is 4.01. The van der Waals surface area contributed by atoms with Gasteiger partial charge >= 0.3 is 0 Å². The van der Waals surface area contributed by atoms with Gasteiger partial charge in [0.1, 0.15) is 5.69 Å². The Hall–Kier alpha value is -1.90. The van der Waals surface area contributed by atoms with Crippen molar-refractivity contribution in [3.8, 4) is 0 Å². The molecule has 96 valence electrons. The fraction of sp³-hybridized carbons (Fsp3) is 0.375. The van der Waals surface area contributed by atoms with E-state index in [1.54, 1.807) is 0 Å². The lowest BCUT2D eigenvalue weighted by atomic mass is 9.91. The molecule has 1 fully saturated rings. The number of nitrogens with one attached hydrogen (secondary N) is 1. The van der Waals surface area contributed by atoms with Gasteiger partial charge in [0, 0.05) is 29.1 Å². The number of hydrogen-bond acceptors (Lipinski definition) is 3. The highest BCUT2D eigenvalue weighted by Crippen LogP contribution is 2.36. The highest BCUT2D eigenvalue weighted by Gasteiger charge is 2.27. The molecule has 3 heteroatoms. The van der Waals surface area contributed by atoms with Crippen molar-refractivity contribution in [2.24, 2.45) is 0 Å². The maximum Gasteiger partial charge on any atom is 0.181 e. The largest absolute Gasteiger partial charge is 0.381 e. The number of carbonyl (C=O) groups is 1.